The van der Waals surface area contributed by atoms with Crippen LogP contribution in [0.5, 0.6) is 11.6 Å². The molecule has 3 heterocycles. The van der Waals surface area contributed by atoms with Gasteiger partial charge in [0.1, 0.15) is 5.75 Å². The molecule has 1 aromatic carbocycles. The number of alkyl halides is 2. The molecule has 0 N–H and O–H groups in total. The molecule has 0 amide bonds. The van der Waals surface area contributed by atoms with Crippen molar-refractivity contribution in [3.8, 4) is 23.0 Å². The van der Waals surface area contributed by atoms with Gasteiger partial charge in [0, 0.05) is 62.1 Å². The molecule has 1 unspecified atom stereocenters. The van der Waals surface area contributed by atoms with Crippen LogP contribution in [0.4, 0.5) is 8.78 Å². The van der Waals surface area contributed by atoms with E-state index in [1.807, 2.05) is 49.4 Å². The van der Waals surface area contributed by atoms with Crippen LogP contribution in [0.3, 0.4) is 0 Å². The molecular weight excluding hydrogens is 426 g/mol. The summed E-state index contributed by atoms with van der Waals surface area (Å²) >= 11 is 0. The predicted octanol–water partition coefficient (Wildman–Crippen LogP) is -0.341. The van der Waals surface area contributed by atoms with Gasteiger partial charge in [0.25, 0.3) is 0 Å². The molecule has 10 radical (unpaired) electrons. The molecule has 6 nitrogen and oxygen atoms in total. The van der Waals surface area contributed by atoms with Gasteiger partial charge < -0.3 is 9.47 Å². The van der Waals surface area contributed by atoms with Gasteiger partial charge in [-0.1, -0.05) is 12.1 Å². The van der Waals surface area contributed by atoms with Crippen molar-refractivity contribution >= 4 is 76.5 Å². The van der Waals surface area contributed by atoms with E-state index in [4.69, 9.17) is 4.74 Å². The molecule has 0 saturated carbocycles. The van der Waals surface area contributed by atoms with Gasteiger partial charge >= 0.3 is 6.61 Å². The van der Waals surface area contributed by atoms with Gasteiger partial charge in [-0.2, -0.15) is 8.78 Å². The lowest BCUT2D eigenvalue weighted by Crippen LogP contribution is -2.35. The number of benzene rings is 1. The van der Waals surface area contributed by atoms with Crippen molar-refractivity contribution in [2.24, 2.45) is 0 Å². The highest BCUT2D eigenvalue weighted by atomic mass is 19.3. The lowest BCUT2D eigenvalue weighted by Gasteiger charge is -2.17. The molecule has 1 saturated heterocycles. The number of halogens is 2. The maximum Gasteiger partial charge on any atom is 0.387 e. The fraction of sp³-hybridized carbons (Fsp3) is 0.312. The second-order valence-electron chi connectivity index (χ2n) is 7.47. The van der Waals surface area contributed by atoms with E-state index in [9.17, 15) is 8.78 Å². The van der Waals surface area contributed by atoms with E-state index < -0.39 is 6.61 Å². The van der Waals surface area contributed by atoms with E-state index in [2.05, 4.69) is 41.3 Å². The Morgan fingerprint density at radius 1 is 0.941 bits per heavy atom. The van der Waals surface area contributed by atoms with Crippen LogP contribution in [-0.4, -0.2) is 104 Å². The first-order valence-electron chi connectivity index (χ1n) is 10.9. The number of fused-ring (bicyclic) bond motifs is 1. The lowest BCUT2D eigenvalue weighted by molar-refractivity contribution is -0.0498. The molecular formula is C16H14B10F2N4O2. The van der Waals surface area contributed by atoms with Crippen LogP contribution in [0, 0.1) is 0 Å². The molecule has 1 aliphatic rings. The minimum absolute atomic E-state index is 0.0752. The molecule has 154 valence electrons. The molecule has 2 aromatic heterocycles. The van der Waals surface area contributed by atoms with Gasteiger partial charge in [-0.05, 0) is 30.7 Å². The SMILES string of the molecule is FC(F)Oc1ccc(-c2nnc3cncc(OCCC4[B][B][B][B][B][B][B][B][B][B]C4)n23)cc1. The molecule has 1 aliphatic heterocycles. The average Bonchev–Trinajstić information content (AvgIpc) is 3.26. The third-order valence-corrected chi connectivity index (χ3v) is 5.10. The summed E-state index contributed by atoms with van der Waals surface area (Å²) in [7, 11) is 20.4. The quantitative estimate of drug-likeness (QED) is 0.471. The van der Waals surface area contributed by atoms with Crippen LogP contribution >= 0.6 is 0 Å². The Labute approximate surface area is 205 Å². The summed E-state index contributed by atoms with van der Waals surface area (Å²) in [6.07, 6.45) is 4.91. The summed E-state index contributed by atoms with van der Waals surface area (Å²) in [5, 5.41) is 8.40. The maximum atomic E-state index is 12.4. The minimum atomic E-state index is -2.87. The van der Waals surface area contributed by atoms with E-state index in [0.717, 1.165) is 12.7 Å². The second-order valence-corrected chi connectivity index (χ2v) is 7.47. The van der Waals surface area contributed by atoms with Crippen molar-refractivity contribution in [3.63, 3.8) is 0 Å². The second kappa shape index (κ2) is 13.1. The zero-order chi connectivity index (χ0) is 23.6. The highest BCUT2D eigenvalue weighted by Gasteiger charge is 2.16. The summed E-state index contributed by atoms with van der Waals surface area (Å²) in [5.41, 5.74) is 1.21. The van der Waals surface area contributed by atoms with Crippen LogP contribution in [-0.2, 0) is 0 Å². The first-order valence-corrected chi connectivity index (χ1v) is 10.9. The highest BCUT2D eigenvalue weighted by Crippen LogP contribution is 2.26. The van der Waals surface area contributed by atoms with E-state index in [1.165, 1.54) is 12.1 Å². The zero-order valence-corrected chi connectivity index (χ0v) is 18.4. The molecule has 18 heteroatoms. The summed E-state index contributed by atoms with van der Waals surface area (Å²) < 4.78 is 37.1. The molecule has 1 fully saturated rings. The number of hydrogen-bond acceptors (Lipinski definition) is 5. The topological polar surface area (TPSA) is 61.5 Å². The van der Waals surface area contributed by atoms with Crippen molar-refractivity contribution in [2.75, 3.05) is 6.61 Å². The Hall–Kier alpha value is -2.12. The normalized spacial score (nSPS) is 16.0. The Morgan fingerprint density at radius 2 is 1.68 bits per heavy atom. The Bertz CT molecular complexity index is 1020. The van der Waals surface area contributed by atoms with E-state index in [1.54, 1.807) is 28.9 Å². The van der Waals surface area contributed by atoms with Gasteiger partial charge in [0.05, 0.1) is 33.3 Å². The van der Waals surface area contributed by atoms with E-state index >= 15 is 0 Å². The van der Waals surface area contributed by atoms with Crippen molar-refractivity contribution in [2.45, 2.75) is 25.2 Å². The monoisotopic (exact) mass is 442 g/mol. The first-order chi connectivity index (χ1) is 16.7. The Morgan fingerprint density at radius 3 is 2.44 bits per heavy atom. The molecule has 4 rings (SSSR count). The number of aromatic nitrogens is 4. The fourth-order valence-corrected chi connectivity index (χ4v) is 3.44. The van der Waals surface area contributed by atoms with Gasteiger partial charge in [0.2, 0.25) is 5.88 Å². The van der Waals surface area contributed by atoms with Crippen molar-refractivity contribution < 1.29 is 18.3 Å². The standard InChI is InChI=1S/C16H14B10F2N4O2/c27-16(28)34-12-3-1-10(2-4-12)15-31-30-13-8-29-9-14(32(13)15)33-6-5-11-7-17-19-21-23-25-26-24-22-20-18-11/h1-4,8-9,11,16H,5-7H2. The van der Waals surface area contributed by atoms with Gasteiger partial charge in [-0.3, -0.25) is 4.98 Å². The maximum absolute atomic E-state index is 12.4. The third-order valence-electron chi connectivity index (χ3n) is 5.10. The van der Waals surface area contributed by atoms with Gasteiger partial charge in [-0.15, -0.1) is 10.2 Å². The van der Waals surface area contributed by atoms with Crippen molar-refractivity contribution in [1.29, 1.82) is 0 Å². The Balaban J connectivity index is 1.41. The molecule has 34 heavy (non-hydrogen) atoms. The largest absolute Gasteiger partial charge is 0.477 e. The molecule has 3 aromatic rings. The van der Waals surface area contributed by atoms with Crippen molar-refractivity contribution in [1.82, 2.24) is 19.6 Å². The van der Waals surface area contributed by atoms with Crippen LogP contribution in [0.25, 0.3) is 17.0 Å². The van der Waals surface area contributed by atoms with Crippen molar-refractivity contribution in [3.05, 3.63) is 36.7 Å². The summed E-state index contributed by atoms with van der Waals surface area (Å²) in [6, 6.07) is 6.23. The number of ether oxygens (including phenoxy) is 2. The van der Waals surface area contributed by atoms with Gasteiger partial charge in [-0.25, -0.2) is 4.40 Å². The number of hydrogen-bond donors (Lipinski definition) is 0. The van der Waals surface area contributed by atoms with E-state index in [0.29, 0.717) is 35.3 Å². The molecule has 0 aliphatic carbocycles. The van der Waals surface area contributed by atoms with E-state index in [-0.39, 0.29) is 5.75 Å². The Kier molecular flexibility index (Phi) is 9.63. The van der Waals surface area contributed by atoms with Crippen LogP contribution < -0.4 is 9.47 Å². The summed E-state index contributed by atoms with van der Waals surface area (Å²) in [5.74, 6) is 1.42. The highest BCUT2D eigenvalue weighted by molar-refractivity contribution is 7.69. The van der Waals surface area contributed by atoms with Crippen LogP contribution in [0.15, 0.2) is 36.7 Å². The predicted molar refractivity (Wildman–Crippen MR) is 139 cm³/mol. The smallest absolute Gasteiger partial charge is 0.387 e. The van der Waals surface area contributed by atoms with Gasteiger partial charge in [0.15, 0.2) is 11.5 Å². The zero-order valence-electron chi connectivity index (χ0n) is 18.4. The minimum Gasteiger partial charge on any atom is -0.477 e. The first kappa shape index (κ1) is 25.0. The number of nitrogens with zero attached hydrogens (tertiary/aromatic N) is 4. The van der Waals surface area contributed by atoms with Crippen LogP contribution in [0.2, 0.25) is 12.1 Å². The summed E-state index contributed by atoms with van der Waals surface area (Å²) in [4.78, 5) is 4.20. The van der Waals surface area contributed by atoms with Crippen LogP contribution in [0.1, 0.15) is 6.42 Å². The lowest BCUT2D eigenvalue weighted by atomic mass is 8.87. The molecule has 1 atom stereocenters. The average molecular weight is 440 g/mol. The molecule has 0 spiro atoms. The fourth-order valence-electron chi connectivity index (χ4n) is 3.44. The third kappa shape index (κ3) is 7.19. The molecule has 0 bridgehead atoms. The number of rotatable bonds is 7. The summed E-state index contributed by atoms with van der Waals surface area (Å²) in [6.45, 7) is -2.40.